The first-order valence-corrected chi connectivity index (χ1v) is 8.43. The van der Waals surface area contributed by atoms with Gasteiger partial charge in [-0.2, -0.15) is 0 Å². The third-order valence-electron chi connectivity index (χ3n) is 3.24. The zero-order chi connectivity index (χ0) is 21.9. The lowest BCUT2D eigenvalue weighted by Crippen LogP contribution is -2.13. The minimum absolute atomic E-state index is 0.0779. The lowest BCUT2D eigenvalue weighted by molar-refractivity contribution is -0.134. The number of hydrogen-bond donors (Lipinski definition) is 3. The lowest BCUT2D eigenvalue weighted by Gasteiger charge is -2.17. The fourth-order valence-electron chi connectivity index (χ4n) is 2.12. The molecule has 1 aromatic carbocycles. The molecule has 0 fully saturated rings. The third kappa shape index (κ3) is 8.55. The van der Waals surface area contributed by atoms with Gasteiger partial charge in [0.05, 0.1) is 0 Å². The van der Waals surface area contributed by atoms with E-state index in [2.05, 4.69) is 26.2 Å². The number of carboxylic acid groups (broad SMARTS) is 2. The summed E-state index contributed by atoms with van der Waals surface area (Å²) in [5.41, 5.74) is 2.08. The Bertz CT molecular complexity index is 796. The Morgan fingerprint density at radius 2 is 1.85 bits per heavy atom. The number of benzene rings is 1. The van der Waals surface area contributed by atoms with E-state index in [1.165, 1.54) is 0 Å². The molecule has 3 N–H and O–H groups in total. The smallest absolute Gasteiger partial charge is 0.328 e. The number of carbonyl (C=O) groups is 2. The summed E-state index contributed by atoms with van der Waals surface area (Å²) >= 11 is 3.43. The fraction of sp³-hybridized carbons (Fsp3) is 0.211. The maximum Gasteiger partial charge on any atom is 0.328 e. The second-order valence-electron chi connectivity index (χ2n) is 5.08. The van der Waals surface area contributed by atoms with E-state index in [-0.39, 0.29) is 5.92 Å². The lowest BCUT2D eigenvalue weighted by atomic mass is 9.92. The van der Waals surface area contributed by atoms with Crippen LogP contribution in [0.25, 0.3) is 0 Å². The SMILES string of the molecule is O=C(O)/C=C\C(=O)O.[2H]C([2H])([2H])NCCC(c1ccc(Br)cc1)c1ccccn1. The monoisotopic (exact) mass is 423 g/mol. The molecular formula is C19H21BrN2O4. The molecule has 0 bridgehead atoms. The van der Waals surface area contributed by atoms with Gasteiger partial charge in [0.1, 0.15) is 0 Å². The van der Waals surface area contributed by atoms with Crippen molar-refractivity contribution in [3.63, 3.8) is 0 Å². The van der Waals surface area contributed by atoms with Crippen molar-refractivity contribution < 1.29 is 23.9 Å². The maximum atomic E-state index is 9.55. The highest BCUT2D eigenvalue weighted by Gasteiger charge is 2.14. The van der Waals surface area contributed by atoms with Crippen LogP contribution in [0.3, 0.4) is 0 Å². The molecule has 1 unspecified atom stereocenters. The highest BCUT2D eigenvalue weighted by molar-refractivity contribution is 9.10. The number of carboxylic acids is 2. The molecule has 0 amide bonds. The Balaban J connectivity index is 0.000000447. The van der Waals surface area contributed by atoms with Crippen molar-refractivity contribution >= 4 is 27.9 Å². The Kier molecular flexibility index (Phi) is 7.78. The minimum atomic E-state index is -2.10. The summed E-state index contributed by atoms with van der Waals surface area (Å²) in [6.45, 7) is -1.69. The van der Waals surface area contributed by atoms with Crippen molar-refractivity contribution in [1.82, 2.24) is 10.3 Å². The second kappa shape index (κ2) is 11.9. The van der Waals surface area contributed by atoms with Crippen LogP contribution in [0.2, 0.25) is 0 Å². The molecule has 0 aliphatic rings. The third-order valence-corrected chi connectivity index (χ3v) is 3.77. The zero-order valence-corrected chi connectivity index (χ0v) is 15.4. The van der Waals surface area contributed by atoms with Crippen molar-refractivity contribution in [3.8, 4) is 0 Å². The van der Waals surface area contributed by atoms with E-state index < -0.39 is 18.9 Å². The van der Waals surface area contributed by atoms with Crippen LogP contribution in [0.15, 0.2) is 65.3 Å². The first-order chi connectivity index (χ1) is 13.6. The summed E-state index contributed by atoms with van der Waals surface area (Å²) in [4.78, 5) is 23.5. The van der Waals surface area contributed by atoms with Crippen LogP contribution in [-0.2, 0) is 9.59 Å². The molecule has 2 rings (SSSR count). The topological polar surface area (TPSA) is 99.5 Å². The van der Waals surface area contributed by atoms with Gasteiger partial charge in [0.15, 0.2) is 0 Å². The number of halogens is 1. The highest BCUT2D eigenvalue weighted by Crippen LogP contribution is 2.27. The number of nitrogens with one attached hydrogen (secondary N) is 1. The normalized spacial score (nSPS) is 13.7. The quantitative estimate of drug-likeness (QED) is 0.590. The fourth-order valence-corrected chi connectivity index (χ4v) is 2.39. The molecule has 0 aliphatic carbocycles. The number of aliphatic carboxylic acids is 2. The van der Waals surface area contributed by atoms with E-state index >= 15 is 0 Å². The molecule has 1 heterocycles. The number of hydrogen-bond acceptors (Lipinski definition) is 4. The standard InChI is InChI=1S/C15H17BrN2.C4H4O4/c1-17-11-9-14(15-4-2-3-10-18-15)12-5-7-13(16)8-6-12;5-3(6)1-2-4(7)8/h2-8,10,14,17H,9,11H2,1H3;1-2H,(H,5,6)(H,7,8)/b;2-1-/i1D3;. The number of nitrogens with zero attached hydrogens (tertiary/aromatic N) is 1. The second-order valence-corrected chi connectivity index (χ2v) is 6.00. The average Bonchev–Trinajstić information content (AvgIpc) is 2.65. The first-order valence-electron chi connectivity index (χ1n) is 9.14. The average molecular weight is 424 g/mol. The molecule has 0 spiro atoms. The Morgan fingerprint density at radius 3 is 2.35 bits per heavy atom. The summed E-state index contributed by atoms with van der Waals surface area (Å²) in [6.07, 6.45) is 3.56. The molecule has 2 aromatic rings. The summed E-state index contributed by atoms with van der Waals surface area (Å²) < 4.78 is 22.7. The highest BCUT2D eigenvalue weighted by atomic mass is 79.9. The van der Waals surface area contributed by atoms with E-state index in [9.17, 15) is 9.59 Å². The Labute approximate surface area is 164 Å². The van der Waals surface area contributed by atoms with Crippen molar-refractivity contribution in [2.24, 2.45) is 0 Å². The van der Waals surface area contributed by atoms with Gasteiger partial charge in [0.2, 0.25) is 0 Å². The van der Waals surface area contributed by atoms with Gasteiger partial charge >= 0.3 is 11.9 Å². The van der Waals surface area contributed by atoms with Gasteiger partial charge in [-0.3, -0.25) is 4.98 Å². The van der Waals surface area contributed by atoms with Crippen LogP contribution in [0.4, 0.5) is 0 Å². The molecule has 26 heavy (non-hydrogen) atoms. The van der Waals surface area contributed by atoms with Crippen LogP contribution in [0.5, 0.6) is 0 Å². The van der Waals surface area contributed by atoms with Crippen LogP contribution < -0.4 is 5.32 Å². The van der Waals surface area contributed by atoms with Gasteiger partial charge in [0.25, 0.3) is 0 Å². The van der Waals surface area contributed by atoms with Crippen LogP contribution >= 0.6 is 15.9 Å². The minimum Gasteiger partial charge on any atom is -0.478 e. The van der Waals surface area contributed by atoms with Gasteiger partial charge < -0.3 is 15.5 Å². The van der Waals surface area contributed by atoms with Gasteiger partial charge in [-0.05, 0) is 49.8 Å². The molecule has 1 atom stereocenters. The van der Waals surface area contributed by atoms with Crippen molar-refractivity contribution in [1.29, 1.82) is 0 Å². The number of pyridine rings is 1. The molecular weight excluding hydrogens is 400 g/mol. The molecule has 0 aliphatic heterocycles. The largest absolute Gasteiger partial charge is 0.478 e. The van der Waals surface area contributed by atoms with Gasteiger partial charge in [0, 0.05) is 38.5 Å². The van der Waals surface area contributed by atoms with Crippen molar-refractivity contribution in [2.45, 2.75) is 12.3 Å². The van der Waals surface area contributed by atoms with Crippen LogP contribution in [0.1, 0.15) is 27.7 Å². The molecule has 0 radical (unpaired) electrons. The molecule has 138 valence electrons. The van der Waals surface area contributed by atoms with E-state index in [1.54, 1.807) is 6.20 Å². The Morgan fingerprint density at radius 1 is 1.19 bits per heavy atom. The van der Waals surface area contributed by atoms with Crippen LogP contribution in [0, 0.1) is 0 Å². The molecule has 0 saturated carbocycles. The van der Waals surface area contributed by atoms with Gasteiger partial charge in [-0.1, -0.05) is 34.1 Å². The maximum absolute atomic E-state index is 9.55. The van der Waals surface area contributed by atoms with Crippen molar-refractivity contribution in [2.75, 3.05) is 13.5 Å². The number of rotatable bonds is 7. The molecule has 6 nitrogen and oxygen atoms in total. The number of aromatic nitrogens is 1. The van der Waals surface area contributed by atoms with Gasteiger partial charge in [-0.25, -0.2) is 9.59 Å². The molecule has 7 heteroatoms. The first kappa shape index (κ1) is 16.9. The van der Waals surface area contributed by atoms with Crippen molar-refractivity contribution in [3.05, 3.63) is 76.5 Å². The van der Waals surface area contributed by atoms with E-state index in [0.717, 1.165) is 15.7 Å². The Hall–Kier alpha value is -2.51. The predicted molar refractivity (Wildman–Crippen MR) is 103 cm³/mol. The van der Waals surface area contributed by atoms with E-state index in [4.69, 9.17) is 14.3 Å². The molecule has 1 aromatic heterocycles. The van der Waals surface area contributed by atoms with E-state index in [1.807, 2.05) is 42.5 Å². The van der Waals surface area contributed by atoms with Crippen LogP contribution in [-0.4, -0.2) is 40.7 Å². The summed E-state index contributed by atoms with van der Waals surface area (Å²) in [5.74, 6) is -2.44. The summed E-state index contributed by atoms with van der Waals surface area (Å²) in [5, 5.41) is 18.2. The predicted octanol–water partition coefficient (Wildman–Crippen LogP) is 3.30. The van der Waals surface area contributed by atoms with E-state index in [0.29, 0.717) is 25.1 Å². The molecule has 0 saturated heterocycles. The summed E-state index contributed by atoms with van der Waals surface area (Å²) in [7, 11) is 0. The summed E-state index contributed by atoms with van der Waals surface area (Å²) in [6, 6.07) is 13.9. The van der Waals surface area contributed by atoms with Gasteiger partial charge in [-0.15, -0.1) is 0 Å². The zero-order valence-electron chi connectivity index (χ0n) is 16.8.